The summed E-state index contributed by atoms with van der Waals surface area (Å²) in [5, 5.41) is 20.4. The number of benzene rings is 1. The first-order valence-electron chi connectivity index (χ1n) is 7.75. The quantitative estimate of drug-likeness (QED) is 0.695. The third-order valence-corrected chi connectivity index (χ3v) is 5.70. The molecular formula is C18H13N3O3S2. The zero-order valence-corrected chi connectivity index (χ0v) is 15.3. The van der Waals surface area contributed by atoms with E-state index in [4.69, 9.17) is 0 Å². The van der Waals surface area contributed by atoms with Gasteiger partial charge in [0.05, 0.1) is 16.5 Å². The molecule has 1 aliphatic rings. The number of hydrogen-bond donors (Lipinski definition) is 1. The van der Waals surface area contributed by atoms with Gasteiger partial charge in [0.2, 0.25) is 10.9 Å². The van der Waals surface area contributed by atoms with Gasteiger partial charge in [0.15, 0.2) is 5.76 Å². The molecule has 3 heterocycles. The third-order valence-electron chi connectivity index (χ3n) is 4.15. The topological polar surface area (TPSA) is 83.4 Å². The summed E-state index contributed by atoms with van der Waals surface area (Å²) in [4.78, 5) is 27.6. The number of ketones is 1. The molecule has 0 saturated heterocycles. The highest BCUT2D eigenvalue weighted by molar-refractivity contribution is 7.13. The molecule has 4 rings (SSSR count). The number of thiophene rings is 1. The fourth-order valence-electron chi connectivity index (χ4n) is 2.91. The smallest absolute Gasteiger partial charge is 0.296 e. The summed E-state index contributed by atoms with van der Waals surface area (Å²) >= 11 is 2.44. The lowest BCUT2D eigenvalue weighted by molar-refractivity contribution is -0.117. The van der Waals surface area contributed by atoms with Gasteiger partial charge < -0.3 is 5.11 Å². The number of carbonyl (C=O) groups excluding carboxylic acids is 2. The molecular weight excluding hydrogens is 370 g/mol. The lowest BCUT2D eigenvalue weighted by Crippen LogP contribution is -2.31. The van der Waals surface area contributed by atoms with Crippen LogP contribution >= 0.6 is 22.7 Å². The average Bonchev–Trinajstić information content (AvgIpc) is 3.38. The van der Waals surface area contributed by atoms with Crippen molar-refractivity contribution < 1.29 is 14.7 Å². The SMILES string of the molecule is Cc1ccc([C@@H]2C(C(=O)c3cccs3)=C(O)C(=O)N2c2nncs2)cc1. The molecule has 1 aromatic carbocycles. The number of rotatable bonds is 4. The van der Waals surface area contributed by atoms with Crippen molar-refractivity contribution in [1.29, 1.82) is 0 Å². The molecule has 6 nitrogen and oxygen atoms in total. The van der Waals surface area contributed by atoms with Gasteiger partial charge in [0, 0.05) is 0 Å². The second kappa shape index (κ2) is 6.47. The number of aromatic nitrogens is 2. The summed E-state index contributed by atoms with van der Waals surface area (Å²) < 4.78 is 0. The minimum Gasteiger partial charge on any atom is -0.503 e. The van der Waals surface area contributed by atoms with Gasteiger partial charge in [0.25, 0.3) is 5.91 Å². The molecule has 0 aliphatic carbocycles. The van der Waals surface area contributed by atoms with Crippen LogP contribution in [0.3, 0.4) is 0 Å². The molecule has 3 aromatic rings. The van der Waals surface area contributed by atoms with Crippen molar-refractivity contribution >= 4 is 39.5 Å². The zero-order valence-electron chi connectivity index (χ0n) is 13.6. The molecule has 26 heavy (non-hydrogen) atoms. The number of carbonyl (C=O) groups is 2. The first-order valence-corrected chi connectivity index (χ1v) is 9.51. The summed E-state index contributed by atoms with van der Waals surface area (Å²) in [6.45, 7) is 1.96. The van der Waals surface area contributed by atoms with Crippen LogP contribution in [0.5, 0.6) is 0 Å². The molecule has 1 amide bonds. The molecule has 0 spiro atoms. The summed E-state index contributed by atoms with van der Waals surface area (Å²) in [5.74, 6) is -1.54. The van der Waals surface area contributed by atoms with E-state index in [1.54, 1.807) is 17.5 Å². The van der Waals surface area contributed by atoms with E-state index in [-0.39, 0.29) is 11.4 Å². The van der Waals surface area contributed by atoms with Crippen LogP contribution in [0.2, 0.25) is 0 Å². The Labute approximate surface area is 157 Å². The largest absolute Gasteiger partial charge is 0.503 e. The first kappa shape index (κ1) is 16.6. The standard InChI is InChI=1S/C18H13N3O3S2/c1-10-4-6-11(7-5-10)14-13(15(22)12-3-2-8-25-12)16(23)17(24)21(14)18-20-19-9-26-18/h2-9,14,23H,1H3/t14-/m1/s1. The Bertz CT molecular complexity index is 993. The Morgan fingerprint density at radius 1 is 1.19 bits per heavy atom. The van der Waals surface area contributed by atoms with E-state index in [9.17, 15) is 14.7 Å². The molecule has 0 unspecified atom stereocenters. The average molecular weight is 383 g/mol. The Hall–Kier alpha value is -2.84. The summed E-state index contributed by atoms with van der Waals surface area (Å²) in [6, 6.07) is 10.2. The van der Waals surface area contributed by atoms with Gasteiger partial charge in [-0.05, 0) is 23.9 Å². The lowest BCUT2D eigenvalue weighted by atomic mass is 9.95. The van der Waals surface area contributed by atoms with E-state index >= 15 is 0 Å². The fraction of sp³-hybridized carbons (Fsp3) is 0.111. The molecule has 0 bridgehead atoms. The van der Waals surface area contributed by atoms with Crippen LogP contribution in [-0.2, 0) is 4.79 Å². The Kier molecular flexibility index (Phi) is 4.14. The number of nitrogens with zero attached hydrogens (tertiary/aromatic N) is 3. The van der Waals surface area contributed by atoms with E-state index in [2.05, 4.69) is 10.2 Å². The van der Waals surface area contributed by atoms with Crippen LogP contribution in [0, 0.1) is 6.92 Å². The minimum absolute atomic E-state index is 0.0662. The van der Waals surface area contributed by atoms with Crippen LogP contribution in [0.4, 0.5) is 5.13 Å². The highest BCUT2D eigenvalue weighted by Crippen LogP contribution is 2.42. The number of aliphatic hydroxyl groups excluding tert-OH is 1. The van der Waals surface area contributed by atoms with Gasteiger partial charge in [-0.25, -0.2) is 0 Å². The van der Waals surface area contributed by atoms with E-state index in [1.165, 1.54) is 33.1 Å². The van der Waals surface area contributed by atoms with Crippen molar-refractivity contribution in [2.45, 2.75) is 13.0 Å². The number of aliphatic hydroxyl groups is 1. The Balaban J connectivity index is 1.88. The highest BCUT2D eigenvalue weighted by Gasteiger charge is 2.45. The van der Waals surface area contributed by atoms with E-state index in [1.807, 2.05) is 31.2 Å². The highest BCUT2D eigenvalue weighted by atomic mass is 32.1. The molecule has 1 atom stereocenters. The van der Waals surface area contributed by atoms with Crippen molar-refractivity contribution in [3.63, 3.8) is 0 Å². The van der Waals surface area contributed by atoms with Crippen LogP contribution < -0.4 is 4.90 Å². The predicted molar refractivity (Wildman–Crippen MR) is 99.6 cm³/mol. The molecule has 2 aromatic heterocycles. The third kappa shape index (κ3) is 2.63. The number of amides is 1. The number of hydrogen-bond acceptors (Lipinski definition) is 7. The van der Waals surface area contributed by atoms with Crippen molar-refractivity contribution in [2.75, 3.05) is 4.90 Å². The second-order valence-electron chi connectivity index (χ2n) is 5.78. The van der Waals surface area contributed by atoms with Gasteiger partial charge in [-0.3, -0.25) is 14.5 Å². The number of Topliss-reactive ketones (excluding diaryl/α,β-unsaturated/α-hetero) is 1. The van der Waals surface area contributed by atoms with Crippen molar-refractivity contribution in [1.82, 2.24) is 10.2 Å². The van der Waals surface area contributed by atoms with Gasteiger partial charge >= 0.3 is 0 Å². The predicted octanol–water partition coefficient (Wildman–Crippen LogP) is 3.69. The maximum Gasteiger partial charge on any atom is 0.296 e. The number of aryl methyl sites for hydroxylation is 1. The monoisotopic (exact) mass is 383 g/mol. The van der Waals surface area contributed by atoms with Gasteiger partial charge in [-0.1, -0.05) is 47.2 Å². The van der Waals surface area contributed by atoms with E-state index < -0.39 is 17.7 Å². The lowest BCUT2D eigenvalue weighted by Gasteiger charge is -2.24. The van der Waals surface area contributed by atoms with Crippen LogP contribution in [0.15, 0.2) is 58.6 Å². The second-order valence-corrected chi connectivity index (χ2v) is 7.54. The summed E-state index contributed by atoms with van der Waals surface area (Å²) in [7, 11) is 0. The maximum atomic E-state index is 13.0. The molecule has 0 fully saturated rings. The van der Waals surface area contributed by atoms with Crippen molar-refractivity contribution in [2.24, 2.45) is 0 Å². The molecule has 0 saturated carbocycles. The molecule has 1 aliphatic heterocycles. The Morgan fingerprint density at radius 3 is 2.58 bits per heavy atom. The molecule has 1 N–H and O–H groups in total. The van der Waals surface area contributed by atoms with Gasteiger partial charge in [-0.15, -0.1) is 21.5 Å². The van der Waals surface area contributed by atoms with E-state index in [0.717, 1.165) is 11.1 Å². The van der Waals surface area contributed by atoms with Crippen LogP contribution in [0.25, 0.3) is 0 Å². The van der Waals surface area contributed by atoms with Crippen LogP contribution in [-0.4, -0.2) is 27.0 Å². The Morgan fingerprint density at radius 2 is 1.96 bits per heavy atom. The maximum absolute atomic E-state index is 13.0. The minimum atomic E-state index is -0.745. The van der Waals surface area contributed by atoms with E-state index in [0.29, 0.717) is 10.0 Å². The van der Waals surface area contributed by atoms with Gasteiger partial charge in [-0.2, -0.15) is 0 Å². The van der Waals surface area contributed by atoms with Gasteiger partial charge in [0.1, 0.15) is 5.51 Å². The summed E-state index contributed by atoms with van der Waals surface area (Å²) in [5.41, 5.74) is 3.35. The van der Waals surface area contributed by atoms with Crippen molar-refractivity contribution in [3.05, 3.63) is 74.6 Å². The van der Waals surface area contributed by atoms with Crippen molar-refractivity contribution in [3.8, 4) is 0 Å². The fourth-order valence-corrected chi connectivity index (χ4v) is 4.17. The molecule has 130 valence electrons. The normalized spacial score (nSPS) is 17.2. The van der Waals surface area contributed by atoms with Crippen LogP contribution in [0.1, 0.15) is 26.8 Å². The first-order chi connectivity index (χ1) is 12.6. The molecule has 0 radical (unpaired) electrons. The number of anilines is 1. The molecule has 8 heteroatoms. The zero-order chi connectivity index (χ0) is 18.3. The summed E-state index contributed by atoms with van der Waals surface area (Å²) in [6.07, 6.45) is 0.